The van der Waals surface area contributed by atoms with Gasteiger partial charge in [-0.1, -0.05) is 44.6 Å². The molecule has 2 rings (SSSR count). The van der Waals surface area contributed by atoms with Gasteiger partial charge in [-0.3, -0.25) is 4.79 Å². The number of hydrogen-bond donors (Lipinski definition) is 3. The number of fused-ring (bicyclic) bond motifs is 2. The Kier molecular flexibility index (Phi) is 11.2. The fourth-order valence-corrected chi connectivity index (χ4v) is 5.17. The Morgan fingerprint density at radius 1 is 1.24 bits per heavy atom. The Hall–Kier alpha value is -1.25. The molecule has 0 amide bonds. The second kappa shape index (κ2) is 13.2. The van der Waals surface area contributed by atoms with E-state index in [-0.39, 0.29) is 43.6 Å². The van der Waals surface area contributed by atoms with Crippen molar-refractivity contribution in [2.45, 2.75) is 116 Å². The summed E-state index contributed by atoms with van der Waals surface area (Å²) in [5, 5.41) is 32.5. The van der Waals surface area contributed by atoms with Crippen LogP contribution in [0.1, 0.15) is 79.6 Å². The van der Waals surface area contributed by atoms with E-state index in [4.69, 9.17) is 14.2 Å². The number of cyclic esters (lactones) is 1. The average molecular weight is 483 g/mol. The van der Waals surface area contributed by atoms with E-state index in [0.717, 1.165) is 18.4 Å². The minimum Gasteiger partial charge on any atom is -0.462 e. The van der Waals surface area contributed by atoms with Crippen molar-refractivity contribution in [2.75, 3.05) is 7.11 Å². The monoisotopic (exact) mass is 482 g/mol. The number of carbonyl (C=O) groups is 1. The predicted octanol–water partition coefficient (Wildman–Crippen LogP) is 3.90. The number of aliphatic hydroxyl groups is 3. The molecule has 1 saturated heterocycles. The Balaban J connectivity index is 2.26. The SMILES string of the molecule is C/C=C/C(C)CCC(C)[C@H]1C[C@@H](O)C[C@H](O)C/C(C)=C\[C@@H]2O[C@](O)(CC(=O)O1)C[C@H](OC)[C@H]2C. The topological polar surface area (TPSA) is 105 Å². The second-order valence-corrected chi connectivity index (χ2v) is 10.6. The van der Waals surface area contributed by atoms with Crippen LogP contribution in [0.15, 0.2) is 23.8 Å². The van der Waals surface area contributed by atoms with Gasteiger partial charge in [-0.15, -0.1) is 0 Å². The van der Waals surface area contributed by atoms with Crippen molar-refractivity contribution in [3.63, 3.8) is 0 Å². The van der Waals surface area contributed by atoms with Crippen molar-refractivity contribution in [1.82, 2.24) is 0 Å². The van der Waals surface area contributed by atoms with E-state index < -0.39 is 36.2 Å². The molecule has 2 heterocycles. The maximum atomic E-state index is 13.0. The molecule has 0 radical (unpaired) electrons. The van der Waals surface area contributed by atoms with Crippen LogP contribution in [0.3, 0.4) is 0 Å². The molecule has 2 unspecified atom stereocenters. The summed E-state index contributed by atoms with van der Waals surface area (Å²) in [6.45, 7) is 10.0. The summed E-state index contributed by atoms with van der Waals surface area (Å²) in [4.78, 5) is 13.0. The van der Waals surface area contributed by atoms with E-state index in [1.807, 2.05) is 39.8 Å². The second-order valence-electron chi connectivity index (χ2n) is 10.6. The van der Waals surface area contributed by atoms with Gasteiger partial charge in [0.25, 0.3) is 0 Å². The molecule has 0 spiro atoms. The van der Waals surface area contributed by atoms with Crippen LogP contribution in [0, 0.1) is 17.8 Å². The number of rotatable bonds is 6. The fraction of sp³-hybridized carbons (Fsp3) is 0.815. The zero-order valence-electron chi connectivity index (χ0n) is 21.8. The van der Waals surface area contributed by atoms with Gasteiger partial charge in [0, 0.05) is 25.9 Å². The van der Waals surface area contributed by atoms with E-state index in [1.54, 1.807) is 7.11 Å². The lowest BCUT2D eigenvalue weighted by molar-refractivity contribution is -0.282. The number of aliphatic hydroxyl groups excluding tert-OH is 2. The number of hydrogen-bond acceptors (Lipinski definition) is 7. The standard InChI is InChI=1S/C27H46O7/c1-7-8-17(2)9-10-19(4)23-14-22(29)13-21(28)11-18(3)12-24-20(5)25(32-6)15-27(31,34-24)16-26(30)33-23/h7-8,12,17,19-25,28-29,31H,9-11,13-16H2,1-6H3/b8-7+,18-12-/t17?,19?,20-,21+,22-,23+,24-,25-,27-/m0/s1. The van der Waals surface area contributed by atoms with Gasteiger partial charge in [0.05, 0.1) is 30.8 Å². The molecule has 2 aliphatic heterocycles. The van der Waals surface area contributed by atoms with Gasteiger partial charge in [-0.05, 0) is 51.4 Å². The minimum atomic E-state index is -1.71. The van der Waals surface area contributed by atoms with E-state index in [0.29, 0.717) is 12.3 Å². The first-order valence-electron chi connectivity index (χ1n) is 12.7. The van der Waals surface area contributed by atoms with Crippen molar-refractivity contribution >= 4 is 5.97 Å². The summed E-state index contributed by atoms with van der Waals surface area (Å²) < 4.78 is 17.5. The summed E-state index contributed by atoms with van der Waals surface area (Å²) in [6, 6.07) is 0. The molecule has 9 atom stereocenters. The predicted molar refractivity (Wildman–Crippen MR) is 131 cm³/mol. The lowest BCUT2D eigenvalue weighted by Crippen LogP contribution is -2.52. The molecular formula is C27H46O7. The number of ether oxygens (including phenoxy) is 3. The first kappa shape index (κ1) is 29.0. The molecule has 2 bridgehead atoms. The van der Waals surface area contributed by atoms with Crippen LogP contribution in [-0.4, -0.2) is 64.7 Å². The van der Waals surface area contributed by atoms with E-state index in [9.17, 15) is 20.1 Å². The van der Waals surface area contributed by atoms with Gasteiger partial charge in [0.1, 0.15) is 6.10 Å². The van der Waals surface area contributed by atoms with Gasteiger partial charge < -0.3 is 29.5 Å². The molecule has 0 aliphatic carbocycles. The van der Waals surface area contributed by atoms with Crippen LogP contribution in [0.2, 0.25) is 0 Å². The molecular weight excluding hydrogens is 436 g/mol. The number of allylic oxidation sites excluding steroid dienone is 2. The maximum absolute atomic E-state index is 13.0. The minimum absolute atomic E-state index is 0.0133. The van der Waals surface area contributed by atoms with Crippen molar-refractivity contribution in [3.05, 3.63) is 23.8 Å². The number of esters is 1. The molecule has 7 heteroatoms. The summed E-state index contributed by atoms with van der Waals surface area (Å²) in [6.07, 6.45) is 5.70. The highest BCUT2D eigenvalue weighted by molar-refractivity contribution is 5.70. The largest absolute Gasteiger partial charge is 0.462 e. The highest BCUT2D eigenvalue weighted by Crippen LogP contribution is 2.37. The Morgan fingerprint density at radius 3 is 2.59 bits per heavy atom. The smallest absolute Gasteiger partial charge is 0.311 e. The highest BCUT2D eigenvalue weighted by Gasteiger charge is 2.46. The third kappa shape index (κ3) is 8.76. The van der Waals surface area contributed by atoms with E-state index in [1.165, 1.54) is 0 Å². The molecule has 0 aromatic carbocycles. The van der Waals surface area contributed by atoms with Crippen LogP contribution in [0.4, 0.5) is 0 Å². The van der Waals surface area contributed by atoms with Gasteiger partial charge in [0.2, 0.25) is 0 Å². The van der Waals surface area contributed by atoms with Crippen molar-refractivity contribution in [2.24, 2.45) is 17.8 Å². The molecule has 3 N–H and O–H groups in total. The van der Waals surface area contributed by atoms with Gasteiger partial charge in [-0.25, -0.2) is 0 Å². The summed E-state index contributed by atoms with van der Waals surface area (Å²) in [7, 11) is 1.59. The van der Waals surface area contributed by atoms with Gasteiger partial charge in [-0.2, -0.15) is 0 Å². The Bertz CT molecular complexity index is 705. The maximum Gasteiger partial charge on any atom is 0.311 e. The van der Waals surface area contributed by atoms with E-state index in [2.05, 4.69) is 13.0 Å². The van der Waals surface area contributed by atoms with Crippen LogP contribution in [0.5, 0.6) is 0 Å². The van der Waals surface area contributed by atoms with Crippen molar-refractivity contribution in [3.8, 4) is 0 Å². The summed E-state index contributed by atoms with van der Waals surface area (Å²) in [5.41, 5.74) is 0.901. The quantitative estimate of drug-likeness (QED) is 0.389. The van der Waals surface area contributed by atoms with Gasteiger partial charge >= 0.3 is 5.97 Å². The molecule has 1 fully saturated rings. The van der Waals surface area contributed by atoms with Crippen LogP contribution in [-0.2, 0) is 19.0 Å². The molecule has 0 saturated carbocycles. The lowest BCUT2D eigenvalue weighted by atomic mass is 9.85. The highest BCUT2D eigenvalue weighted by atomic mass is 16.6. The molecule has 0 aromatic heterocycles. The average Bonchev–Trinajstić information content (AvgIpc) is 2.73. The first-order valence-corrected chi connectivity index (χ1v) is 12.7. The Labute approximate surface area is 205 Å². The van der Waals surface area contributed by atoms with Crippen LogP contribution < -0.4 is 0 Å². The van der Waals surface area contributed by atoms with Crippen molar-refractivity contribution in [1.29, 1.82) is 0 Å². The molecule has 34 heavy (non-hydrogen) atoms. The molecule has 196 valence electrons. The third-order valence-electron chi connectivity index (χ3n) is 7.27. The van der Waals surface area contributed by atoms with Crippen LogP contribution in [0.25, 0.3) is 0 Å². The summed E-state index contributed by atoms with van der Waals surface area (Å²) in [5.74, 6) is -1.89. The zero-order chi connectivity index (χ0) is 25.5. The normalized spacial score (nSPS) is 39.6. The fourth-order valence-electron chi connectivity index (χ4n) is 5.17. The first-order chi connectivity index (χ1) is 16.0. The third-order valence-corrected chi connectivity index (χ3v) is 7.27. The lowest BCUT2D eigenvalue weighted by Gasteiger charge is -2.43. The zero-order valence-corrected chi connectivity index (χ0v) is 21.8. The van der Waals surface area contributed by atoms with Crippen molar-refractivity contribution < 1.29 is 34.3 Å². The molecule has 2 aliphatic rings. The Morgan fingerprint density at radius 2 is 1.94 bits per heavy atom. The number of carbonyl (C=O) groups excluding carboxylic acids is 1. The van der Waals surface area contributed by atoms with E-state index >= 15 is 0 Å². The molecule has 7 nitrogen and oxygen atoms in total. The van der Waals surface area contributed by atoms with Crippen LogP contribution >= 0.6 is 0 Å². The summed E-state index contributed by atoms with van der Waals surface area (Å²) >= 11 is 0. The molecule has 0 aromatic rings. The van der Waals surface area contributed by atoms with Gasteiger partial charge in [0.15, 0.2) is 5.79 Å². The number of methoxy groups -OCH3 is 1.